The van der Waals surface area contributed by atoms with Crippen LogP contribution in [0.3, 0.4) is 0 Å². The number of nitrogens with two attached hydrogens (primary N) is 1. The summed E-state index contributed by atoms with van der Waals surface area (Å²) in [6, 6.07) is 5.44. The second-order valence-electron chi connectivity index (χ2n) is 3.25. The Morgan fingerprint density at radius 1 is 1.56 bits per heavy atom. The first kappa shape index (κ1) is 13.4. The van der Waals surface area contributed by atoms with E-state index in [0.717, 1.165) is 23.7 Å². The summed E-state index contributed by atoms with van der Waals surface area (Å²) < 4.78 is 4.97. The number of rotatable bonds is 6. The van der Waals surface area contributed by atoms with Crippen molar-refractivity contribution in [3.63, 3.8) is 0 Å². The minimum atomic E-state index is 0.0397. The molecule has 0 heterocycles. The molecule has 1 aromatic rings. The minimum absolute atomic E-state index is 0.0397. The summed E-state index contributed by atoms with van der Waals surface area (Å²) in [5.74, 6) is 1.00. The third-order valence-corrected chi connectivity index (χ3v) is 3.58. The summed E-state index contributed by atoms with van der Waals surface area (Å²) in [7, 11) is 1.69. The Balaban J connectivity index is 2.57. The molecule has 0 atom stereocenters. The van der Waals surface area contributed by atoms with E-state index < -0.39 is 0 Å². The first-order valence-corrected chi connectivity index (χ1v) is 6.27. The van der Waals surface area contributed by atoms with Crippen LogP contribution in [-0.4, -0.2) is 25.3 Å². The largest absolute Gasteiger partial charge is 0.385 e. The fourth-order valence-corrected chi connectivity index (χ4v) is 2.36. The van der Waals surface area contributed by atoms with E-state index in [0.29, 0.717) is 10.6 Å². The number of nitrogen functional groups attached to an aromatic ring is 1. The van der Waals surface area contributed by atoms with Crippen molar-refractivity contribution < 1.29 is 4.74 Å². The zero-order valence-corrected chi connectivity index (χ0v) is 10.7. The number of thioether (sulfide) groups is 1. The molecule has 0 bridgehead atoms. The van der Waals surface area contributed by atoms with Crippen LogP contribution in [-0.2, 0) is 4.74 Å². The molecule has 5 heteroatoms. The normalized spacial score (nSPS) is 10.4. The summed E-state index contributed by atoms with van der Waals surface area (Å²) in [4.78, 5) is 1.02. The molecule has 0 aliphatic rings. The highest BCUT2D eigenvalue weighted by Gasteiger charge is 2.04. The SMILES string of the molecule is COCCCSc1ccc(C(=N)N)cc1Cl. The van der Waals surface area contributed by atoms with Gasteiger partial charge in [-0.1, -0.05) is 17.7 Å². The molecule has 3 N–H and O–H groups in total. The Labute approximate surface area is 105 Å². The molecule has 0 radical (unpaired) electrons. The van der Waals surface area contributed by atoms with E-state index in [2.05, 4.69) is 0 Å². The molecule has 88 valence electrons. The van der Waals surface area contributed by atoms with Crippen molar-refractivity contribution in [3.05, 3.63) is 28.8 Å². The van der Waals surface area contributed by atoms with E-state index >= 15 is 0 Å². The monoisotopic (exact) mass is 258 g/mol. The molecule has 0 aromatic heterocycles. The Morgan fingerprint density at radius 2 is 2.31 bits per heavy atom. The molecule has 1 aromatic carbocycles. The van der Waals surface area contributed by atoms with Crippen molar-refractivity contribution in [1.29, 1.82) is 5.41 Å². The molecular weight excluding hydrogens is 244 g/mol. The number of amidine groups is 1. The van der Waals surface area contributed by atoms with E-state index in [9.17, 15) is 0 Å². The van der Waals surface area contributed by atoms with Gasteiger partial charge in [0.1, 0.15) is 5.84 Å². The molecule has 0 saturated carbocycles. The highest BCUT2D eigenvalue weighted by molar-refractivity contribution is 7.99. The van der Waals surface area contributed by atoms with Crippen LogP contribution in [0.25, 0.3) is 0 Å². The van der Waals surface area contributed by atoms with Gasteiger partial charge >= 0.3 is 0 Å². The lowest BCUT2D eigenvalue weighted by Gasteiger charge is -2.06. The van der Waals surface area contributed by atoms with Crippen LogP contribution in [0.2, 0.25) is 5.02 Å². The Morgan fingerprint density at radius 3 is 2.88 bits per heavy atom. The second kappa shape index (κ2) is 6.78. The minimum Gasteiger partial charge on any atom is -0.385 e. The fourth-order valence-electron chi connectivity index (χ4n) is 1.17. The maximum atomic E-state index is 7.29. The van der Waals surface area contributed by atoms with Gasteiger partial charge in [-0.2, -0.15) is 0 Å². The summed E-state index contributed by atoms with van der Waals surface area (Å²) >= 11 is 7.77. The quantitative estimate of drug-likeness (QED) is 0.357. The summed E-state index contributed by atoms with van der Waals surface area (Å²) in [5, 5.41) is 7.94. The van der Waals surface area contributed by atoms with E-state index in [4.69, 9.17) is 27.5 Å². The Bertz CT molecular complexity index is 371. The van der Waals surface area contributed by atoms with Crippen LogP contribution < -0.4 is 5.73 Å². The highest BCUT2D eigenvalue weighted by Crippen LogP contribution is 2.28. The lowest BCUT2D eigenvalue weighted by molar-refractivity contribution is 0.200. The molecule has 0 aliphatic carbocycles. The fraction of sp³-hybridized carbons (Fsp3) is 0.364. The average Bonchev–Trinajstić information content (AvgIpc) is 2.26. The predicted octanol–water partition coefficient (Wildman–Crippen LogP) is 2.75. The number of halogens is 1. The summed E-state index contributed by atoms with van der Waals surface area (Å²) in [6.45, 7) is 0.760. The summed E-state index contributed by atoms with van der Waals surface area (Å²) in [6.07, 6.45) is 0.992. The molecule has 0 aliphatic heterocycles. The molecule has 3 nitrogen and oxygen atoms in total. The van der Waals surface area contributed by atoms with Crippen molar-refractivity contribution >= 4 is 29.2 Å². The van der Waals surface area contributed by atoms with Gasteiger partial charge in [-0.3, -0.25) is 5.41 Å². The smallest absolute Gasteiger partial charge is 0.122 e. The van der Waals surface area contributed by atoms with Crippen LogP contribution in [0.4, 0.5) is 0 Å². The molecular formula is C11H15ClN2OS. The zero-order valence-electron chi connectivity index (χ0n) is 9.13. The third-order valence-electron chi connectivity index (χ3n) is 1.99. The van der Waals surface area contributed by atoms with Gasteiger partial charge in [-0.15, -0.1) is 11.8 Å². The van der Waals surface area contributed by atoms with Crippen LogP contribution in [0, 0.1) is 5.41 Å². The number of methoxy groups -OCH3 is 1. The van der Waals surface area contributed by atoms with E-state index in [1.807, 2.05) is 12.1 Å². The number of ether oxygens (including phenoxy) is 1. The van der Waals surface area contributed by atoms with Crippen molar-refractivity contribution in [3.8, 4) is 0 Å². The standard InChI is InChI=1S/C11H15ClN2OS/c1-15-5-2-6-16-10-4-3-8(11(13)14)7-9(10)12/h3-4,7H,2,5-6H2,1H3,(H3,13,14). The van der Waals surface area contributed by atoms with Gasteiger partial charge < -0.3 is 10.5 Å². The number of hydrogen-bond acceptors (Lipinski definition) is 3. The van der Waals surface area contributed by atoms with Crippen molar-refractivity contribution in [2.45, 2.75) is 11.3 Å². The highest BCUT2D eigenvalue weighted by atomic mass is 35.5. The van der Waals surface area contributed by atoms with Crippen LogP contribution in [0.5, 0.6) is 0 Å². The van der Waals surface area contributed by atoms with Gasteiger partial charge in [0.25, 0.3) is 0 Å². The van der Waals surface area contributed by atoms with Gasteiger partial charge in [-0.25, -0.2) is 0 Å². The van der Waals surface area contributed by atoms with Crippen molar-refractivity contribution in [1.82, 2.24) is 0 Å². The average molecular weight is 259 g/mol. The molecule has 1 rings (SSSR count). The number of hydrogen-bond donors (Lipinski definition) is 2. The number of benzene rings is 1. The van der Waals surface area contributed by atoms with Gasteiger partial charge in [-0.05, 0) is 18.6 Å². The first-order valence-electron chi connectivity index (χ1n) is 4.91. The van der Waals surface area contributed by atoms with E-state index in [1.165, 1.54) is 0 Å². The second-order valence-corrected chi connectivity index (χ2v) is 4.80. The van der Waals surface area contributed by atoms with E-state index in [-0.39, 0.29) is 5.84 Å². The molecule has 0 fully saturated rings. The maximum absolute atomic E-state index is 7.29. The Kier molecular flexibility index (Phi) is 5.66. The Hall–Kier alpha value is -0.710. The topological polar surface area (TPSA) is 59.1 Å². The molecule has 0 saturated heterocycles. The zero-order chi connectivity index (χ0) is 12.0. The van der Waals surface area contributed by atoms with Gasteiger partial charge in [0.05, 0.1) is 5.02 Å². The molecule has 0 spiro atoms. The molecule has 0 amide bonds. The van der Waals surface area contributed by atoms with Crippen LogP contribution in [0.15, 0.2) is 23.1 Å². The molecule has 16 heavy (non-hydrogen) atoms. The van der Waals surface area contributed by atoms with Crippen LogP contribution >= 0.6 is 23.4 Å². The lowest BCUT2D eigenvalue weighted by atomic mass is 10.2. The summed E-state index contributed by atoms with van der Waals surface area (Å²) in [5.41, 5.74) is 6.03. The first-order chi connectivity index (χ1) is 7.65. The number of nitrogens with one attached hydrogen (secondary N) is 1. The van der Waals surface area contributed by atoms with Gasteiger partial charge in [0.15, 0.2) is 0 Å². The van der Waals surface area contributed by atoms with Crippen molar-refractivity contribution in [2.24, 2.45) is 5.73 Å². The van der Waals surface area contributed by atoms with E-state index in [1.54, 1.807) is 24.9 Å². The lowest BCUT2D eigenvalue weighted by Crippen LogP contribution is -2.10. The third kappa shape index (κ3) is 4.04. The molecule has 0 unspecified atom stereocenters. The predicted molar refractivity (Wildman–Crippen MR) is 69.7 cm³/mol. The maximum Gasteiger partial charge on any atom is 0.122 e. The van der Waals surface area contributed by atoms with Gasteiger partial charge in [0, 0.05) is 29.9 Å². The van der Waals surface area contributed by atoms with Crippen LogP contribution in [0.1, 0.15) is 12.0 Å². The van der Waals surface area contributed by atoms with Gasteiger partial charge in [0.2, 0.25) is 0 Å². The van der Waals surface area contributed by atoms with Crippen molar-refractivity contribution in [2.75, 3.05) is 19.5 Å².